The van der Waals surface area contributed by atoms with Gasteiger partial charge in [0.25, 0.3) is 0 Å². The normalized spacial score (nSPS) is 21.9. The third-order valence-corrected chi connectivity index (χ3v) is 5.82. The van der Waals surface area contributed by atoms with Gasteiger partial charge in [0.05, 0.1) is 12.3 Å². The molecule has 1 aliphatic carbocycles. The van der Waals surface area contributed by atoms with Gasteiger partial charge in [-0.2, -0.15) is 13.2 Å². The van der Waals surface area contributed by atoms with Crippen molar-refractivity contribution in [2.75, 3.05) is 25.0 Å². The Morgan fingerprint density at radius 3 is 2.91 bits per heavy atom. The lowest BCUT2D eigenvalue weighted by Crippen LogP contribution is -2.44. The van der Waals surface area contributed by atoms with Gasteiger partial charge in [-0.15, -0.1) is 0 Å². The van der Waals surface area contributed by atoms with Gasteiger partial charge in [0.15, 0.2) is 0 Å². The van der Waals surface area contributed by atoms with E-state index in [0.29, 0.717) is 30.4 Å². The van der Waals surface area contributed by atoms with Crippen LogP contribution in [0.3, 0.4) is 0 Å². The molecule has 0 saturated heterocycles. The van der Waals surface area contributed by atoms with E-state index >= 15 is 0 Å². The molecular weight excluding hydrogens is 445 g/mol. The SMILES string of the molecule is CC1C2=CC=CC1CN(C(=O)C(F)(F)F)C/C=C/CCOc1cccc(c1)-c1ccnc(n1)N2. The summed E-state index contributed by atoms with van der Waals surface area (Å²) in [5, 5.41) is 3.20. The molecule has 0 radical (unpaired) electrons. The highest BCUT2D eigenvalue weighted by Gasteiger charge is 2.43. The van der Waals surface area contributed by atoms with Crippen LogP contribution < -0.4 is 10.1 Å². The summed E-state index contributed by atoms with van der Waals surface area (Å²) in [4.78, 5) is 21.8. The number of ether oxygens (including phenoxy) is 1. The fourth-order valence-electron chi connectivity index (χ4n) is 3.92. The maximum atomic E-state index is 13.2. The molecule has 34 heavy (non-hydrogen) atoms. The van der Waals surface area contributed by atoms with Gasteiger partial charge in [-0.25, -0.2) is 9.97 Å². The van der Waals surface area contributed by atoms with Crippen LogP contribution in [0.1, 0.15) is 13.3 Å². The second-order valence-electron chi connectivity index (χ2n) is 8.19. The molecule has 178 valence electrons. The number of hydrogen-bond acceptors (Lipinski definition) is 5. The minimum Gasteiger partial charge on any atom is -0.493 e. The fraction of sp³-hybridized carbons (Fsp3) is 0.320. The zero-order chi connectivity index (χ0) is 24.1. The van der Waals surface area contributed by atoms with Crippen molar-refractivity contribution >= 4 is 11.9 Å². The number of benzene rings is 1. The van der Waals surface area contributed by atoms with Crippen LogP contribution in [0, 0.1) is 11.8 Å². The number of fused-ring (bicyclic) bond motifs is 7. The Kier molecular flexibility index (Phi) is 7.00. The van der Waals surface area contributed by atoms with E-state index in [2.05, 4.69) is 15.3 Å². The highest BCUT2D eigenvalue weighted by atomic mass is 19.4. The van der Waals surface area contributed by atoms with Gasteiger partial charge < -0.3 is 15.0 Å². The lowest BCUT2D eigenvalue weighted by molar-refractivity contribution is -0.185. The molecule has 6 bridgehead atoms. The molecule has 0 fully saturated rings. The minimum absolute atomic E-state index is 0.0681. The Labute approximate surface area is 195 Å². The summed E-state index contributed by atoms with van der Waals surface area (Å²) in [6.45, 7) is 2.05. The van der Waals surface area contributed by atoms with Gasteiger partial charge in [0.1, 0.15) is 5.75 Å². The Hall–Kier alpha value is -3.62. The van der Waals surface area contributed by atoms with Crippen LogP contribution in [0.4, 0.5) is 19.1 Å². The first-order valence-electron chi connectivity index (χ1n) is 11.0. The number of hydrogen-bond donors (Lipinski definition) is 1. The van der Waals surface area contributed by atoms with Crippen molar-refractivity contribution in [2.24, 2.45) is 11.8 Å². The molecule has 1 aliphatic heterocycles. The van der Waals surface area contributed by atoms with Crippen LogP contribution >= 0.6 is 0 Å². The number of aromatic nitrogens is 2. The van der Waals surface area contributed by atoms with E-state index in [4.69, 9.17) is 4.74 Å². The monoisotopic (exact) mass is 470 g/mol. The molecule has 1 aromatic heterocycles. The van der Waals surface area contributed by atoms with Crippen molar-refractivity contribution in [3.63, 3.8) is 0 Å². The summed E-state index contributed by atoms with van der Waals surface area (Å²) in [5.41, 5.74) is 2.35. The second-order valence-corrected chi connectivity index (χ2v) is 8.19. The molecule has 2 aromatic rings. The number of nitrogens with one attached hydrogen (secondary N) is 1. The highest BCUT2D eigenvalue weighted by Crippen LogP contribution is 2.30. The summed E-state index contributed by atoms with van der Waals surface area (Å²) in [7, 11) is 0. The van der Waals surface area contributed by atoms with Crippen molar-refractivity contribution in [1.29, 1.82) is 0 Å². The summed E-state index contributed by atoms with van der Waals surface area (Å²) in [6.07, 6.45) is 5.96. The largest absolute Gasteiger partial charge is 0.493 e. The molecule has 6 nitrogen and oxygen atoms in total. The number of amides is 1. The first-order valence-corrected chi connectivity index (χ1v) is 11.0. The van der Waals surface area contributed by atoms with E-state index in [-0.39, 0.29) is 24.9 Å². The van der Waals surface area contributed by atoms with Crippen LogP contribution in [0.25, 0.3) is 11.3 Å². The smallest absolute Gasteiger partial charge is 0.471 e. The number of carbonyl (C=O) groups excluding carboxylic acids is 1. The molecule has 2 heterocycles. The summed E-state index contributed by atoms with van der Waals surface area (Å²) in [6, 6.07) is 9.31. The van der Waals surface area contributed by atoms with E-state index in [1.165, 1.54) is 0 Å². The van der Waals surface area contributed by atoms with Gasteiger partial charge in [-0.3, -0.25) is 4.79 Å². The van der Waals surface area contributed by atoms with Crippen molar-refractivity contribution < 1.29 is 22.7 Å². The summed E-state index contributed by atoms with van der Waals surface area (Å²) in [5.74, 6) is -1.30. The summed E-state index contributed by atoms with van der Waals surface area (Å²) >= 11 is 0. The number of anilines is 1. The van der Waals surface area contributed by atoms with Crippen molar-refractivity contribution in [1.82, 2.24) is 14.9 Å². The average molecular weight is 470 g/mol. The van der Waals surface area contributed by atoms with Crippen LogP contribution in [0.5, 0.6) is 5.75 Å². The van der Waals surface area contributed by atoms with Gasteiger partial charge in [0.2, 0.25) is 5.95 Å². The Balaban J connectivity index is 1.66. The molecule has 1 N–H and O–H groups in total. The highest BCUT2D eigenvalue weighted by molar-refractivity contribution is 5.82. The maximum absolute atomic E-state index is 13.2. The average Bonchev–Trinajstić information content (AvgIpc) is 2.81. The van der Waals surface area contributed by atoms with Crippen LogP contribution in [0.15, 0.2) is 72.6 Å². The van der Waals surface area contributed by atoms with E-state index in [9.17, 15) is 18.0 Å². The van der Waals surface area contributed by atoms with Gasteiger partial charge in [-0.05, 0) is 30.7 Å². The fourth-order valence-corrected chi connectivity index (χ4v) is 3.92. The van der Waals surface area contributed by atoms with E-state index in [1.807, 2.05) is 43.3 Å². The topological polar surface area (TPSA) is 67.4 Å². The Morgan fingerprint density at radius 1 is 1.24 bits per heavy atom. The maximum Gasteiger partial charge on any atom is 0.471 e. The zero-order valence-electron chi connectivity index (χ0n) is 18.6. The summed E-state index contributed by atoms with van der Waals surface area (Å²) < 4.78 is 45.5. The molecule has 9 heteroatoms. The minimum atomic E-state index is -4.94. The molecule has 2 unspecified atom stereocenters. The molecular formula is C25H25F3N4O2. The third-order valence-electron chi connectivity index (χ3n) is 5.82. The van der Waals surface area contributed by atoms with E-state index in [0.717, 1.165) is 16.2 Å². The molecule has 2 aliphatic rings. The van der Waals surface area contributed by atoms with Crippen LogP contribution in [0.2, 0.25) is 0 Å². The van der Waals surface area contributed by atoms with Crippen molar-refractivity contribution in [3.05, 3.63) is 72.6 Å². The van der Waals surface area contributed by atoms with E-state index in [1.54, 1.807) is 30.5 Å². The quantitative estimate of drug-likeness (QED) is 0.550. The van der Waals surface area contributed by atoms with Crippen molar-refractivity contribution in [2.45, 2.75) is 19.5 Å². The number of halogens is 3. The number of nitrogens with zero attached hydrogens (tertiary/aromatic N) is 3. The second kappa shape index (κ2) is 10.1. The lowest BCUT2D eigenvalue weighted by atomic mass is 9.86. The van der Waals surface area contributed by atoms with Crippen LogP contribution in [-0.2, 0) is 4.79 Å². The zero-order valence-corrected chi connectivity index (χ0v) is 18.6. The molecule has 0 spiro atoms. The van der Waals surface area contributed by atoms with Crippen LogP contribution in [-0.4, -0.2) is 46.6 Å². The number of carbonyl (C=O) groups is 1. The Morgan fingerprint density at radius 2 is 2.09 bits per heavy atom. The third kappa shape index (κ3) is 5.65. The predicted octanol–water partition coefficient (Wildman–Crippen LogP) is 4.99. The predicted molar refractivity (Wildman–Crippen MR) is 123 cm³/mol. The van der Waals surface area contributed by atoms with Crippen molar-refractivity contribution in [3.8, 4) is 17.0 Å². The first kappa shape index (κ1) is 23.5. The molecule has 0 saturated carbocycles. The Bertz CT molecular complexity index is 1130. The number of alkyl halides is 3. The lowest BCUT2D eigenvalue weighted by Gasteiger charge is -2.32. The van der Waals surface area contributed by atoms with Gasteiger partial charge >= 0.3 is 12.1 Å². The molecule has 1 aromatic carbocycles. The first-order chi connectivity index (χ1) is 16.3. The molecule has 1 amide bonds. The molecule has 2 atom stereocenters. The number of allylic oxidation sites excluding steroid dienone is 3. The van der Waals surface area contributed by atoms with Gasteiger partial charge in [0, 0.05) is 42.4 Å². The standard InChI is InChI=1S/C25H25F3N4O2/c1-17-19-8-6-10-21(17)30-24-29-12-11-22(31-24)18-7-5-9-20(15-18)34-14-4-2-3-13-32(16-19)23(33)25(26,27)28/h2-3,5-12,15,17,19H,4,13-14,16H2,1H3,(H,29,30,31)/b3-2+. The number of rotatable bonds is 0. The van der Waals surface area contributed by atoms with E-state index < -0.39 is 12.1 Å². The molecule has 4 rings (SSSR count). The van der Waals surface area contributed by atoms with Gasteiger partial charge in [-0.1, -0.05) is 43.4 Å².